The van der Waals surface area contributed by atoms with Crippen LogP contribution in [0.1, 0.15) is 19.3 Å². The smallest absolute Gasteiger partial charge is 0.0701 e. The molecule has 0 amide bonds. The molecule has 0 radical (unpaired) electrons. The highest BCUT2D eigenvalue weighted by atomic mass is 16.5. The molecule has 1 heterocycles. The minimum atomic E-state index is 0.646. The summed E-state index contributed by atoms with van der Waals surface area (Å²) in [6.45, 7) is 7.64. The van der Waals surface area contributed by atoms with Crippen LogP contribution in [0.2, 0.25) is 0 Å². The highest BCUT2D eigenvalue weighted by Gasteiger charge is 2.18. The Labute approximate surface area is 117 Å². The molecule has 0 spiro atoms. The Hall–Kier alpha value is -0.200. The normalized spacial score (nSPS) is 20.8. The zero-order chi connectivity index (χ0) is 13.8. The van der Waals surface area contributed by atoms with E-state index < -0.39 is 0 Å². The van der Waals surface area contributed by atoms with Crippen LogP contribution in [-0.2, 0) is 14.2 Å². The SMILES string of the molecule is COCCOCCOCCN1CCCC(CCN)C1. The summed E-state index contributed by atoms with van der Waals surface area (Å²) in [4.78, 5) is 2.50. The van der Waals surface area contributed by atoms with E-state index in [1.807, 2.05) is 0 Å². The van der Waals surface area contributed by atoms with Gasteiger partial charge in [-0.2, -0.15) is 0 Å². The zero-order valence-electron chi connectivity index (χ0n) is 12.3. The van der Waals surface area contributed by atoms with Gasteiger partial charge < -0.3 is 24.8 Å². The quantitative estimate of drug-likeness (QED) is 0.563. The van der Waals surface area contributed by atoms with Crippen LogP contribution in [0.25, 0.3) is 0 Å². The van der Waals surface area contributed by atoms with Gasteiger partial charge in [-0.15, -0.1) is 0 Å². The van der Waals surface area contributed by atoms with Gasteiger partial charge in [0.1, 0.15) is 0 Å². The van der Waals surface area contributed by atoms with E-state index in [0.717, 1.165) is 32.0 Å². The second kappa shape index (κ2) is 11.6. The number of hydrogen-bond acceptors (Lipinski definition) is 5. The van der Waals surface area contributed by atoms with E-state index in [9.17, 15) is 0 Å². The predicted molar refractivity (Wildman–Crippen MR) is 76.3 cm³/mol. The Bertz CT molecular complexity index is 203. The van der Waals surface area contributed by atoms with Crippen molar-refractivity contribution in [2.75, 3.05) is 66.3 Å². The number of ether oxygens (including phenoxy) is 3. The Morgan fingerprint density at radius 3 is 2.58 bits per heavy atom. The molecule has 1 saturated heterocycles. The summed E-state index contributed by atoms with van der Waals surface area (Å²) < 4.78 is 15.8. The Morgan fingerprint density at radius 1 is 1.11 bits per heavy atom. The van der Waals surface area contributed by atoms with Gasteiger partial charge in [-0.1, -0.05) is 0 Å². The fraction of sp³-hybridized carbons (Fsp3) is 1.00. The van der Waals surface area contributed by atoms with Crippen LogP contribution < -0.4 is 5.73 Å². The molecular formula is C14H30N2O3. The van der Waals surface area contributed by atoms with Crippen molar-refractivity contribution in [3.8, 4) is 0 Å². The predicted octanol–water partition coefficient (Wildman–Crippen LogP) is 0.727. The van der Waals surface area contributed by atoms with Gasteiger partial charge in [-0.3, -0.25) is 0 Å². The van der Waals surface area contributed by atoms with Gasteiger partial charge in [0.2, 0.25) is 0 Å². The van der Waals surface area contributed by atoms with Gasteiger partial charge in [0.25, 0.3) is 0 Å². The lowest BCUT2D eigenvalue weighted by Crippen LogP contribution is -2.38. The number of likely N-dealkylation sites (tertiary alicyclic amines) is 1. The highest BCUT2D eigenvalue weighted by molar-refractivity contribution is 4.73. The van der Waals surface area contributed by atoms with Gasteiger partial charge in [-0.25, -0.2) is 0 Å². The molecule has 5 nitrogen and oxygen atoms in total. The summed E-state index contributed by atoms with van der Waals surface area (Å²) in [5, 5.41) is 0. The van der Waals surface area contributed by atoms with E-state index in [2.05, 4.69) is 4.90 Å². The van der Waals surface area contributed by atoms with Crippen LogP contribution in [0, 0.1) is 5.92 Å². The molecule has 1 unspecified atom stereocenters. The van der Waals surface area contributed by atoms with E-state index in [0.29, 0.717) is 26.4 Å². The van der Waals surface area contributed by atoms with Gasteiger partial charge in [0.05, 0.1) is 33.0 Å². The highest BCUT2D eigenvalue weighted by Crippen LogP contribution is 2.18. The molecule has 0 aromatic rings. The van der Waals surface area contributed by atoms with Crippen molar-refractivity contribution >= 4 is 0 Å². The number of nitrogens with two attached hydrogens (primary N) is 1. The molecule has 0 bridgehead atoms. The third-order valence-electron chi connectivity index (χ3n) is 3.53. The summed E-state index contributed by atoms with van der Waals surface area (Å²) >= 11 is 0. The van der Waals surface area contributed by atoms with E-state index >= 15 is 0 Å². The van der Waals surface area contributed by atoms with Crippen LogP contribution in [0.3, 0.4) is 0 Å². The minimum Gasteiger partial charge on any atom is -0.382 e. The Balaban J connectivity index is 1.91. The zero-order valence-corrected chi connectivity index (χ0v) is 12.3. The van der Waals surface area contributed by atoms with Crippen LogP contribution >= 0.6 is 0 Å². The summed E-state index contributed by atoms with van der Waals surface area (Å²) in [5.74, 6) is 0.788. The maximum atomic E-state index is 5.63. The van der Waals surface area contributed by atoms with Crippen molar-refractivity contribution in [3.05, 3.63) is 0 Å². The maximum absolute atomic E-state index is 5.63. The van der Waals surface area contributed by atoms with Crippen LogP contribution in [0.15, 0.2) is 0 Å². The molecule has 1 aliphatic heterocycles. The molecule has 1 fully saturated rings. The van der Waals surface area contributed by atoms with Crippen molar-refractivity contribution in [3.63, 3.8) is 0 Å². The molecule has 1 aliphatic rings. The molecular weight excluding hydrogens is 244 g/mol. The molecule has 0 aliphatic carbocycles. The van der Waals surface area contributed by atoms with E-state index in [1.165, 1.54) is 25.9 Å². The third-order valence-corrected chi connectivity index (χ3v) is 3.53. The first kappa shape index (κ1) is 16.9. The summed E-state index contributed by atoms with van der Waals surface area (Å²) in [6.07, 6.45) is 3.79. The average Bonchev–Trinajstić information content (AvgIpc) is 2.43. The third kappa shape index (κ3) is 8.55. The fourth-order valence-corrected chi connectivity index (χ4v) is 2.48. The molecule has 0 aromatic carbocycles. The van der Waals surface area contributed by atoms with E-state index in [-0.39, 0.29) is 0 Å². The Morgan fingerprint density at radius 2 is 1.84 bits per heavy atom. The minimum absolute atomic E-state index is 0.646. The second-order valence-corrected chi connectivity index (χ2v) is 5.10. The largest absolute Gasteiger partial charge is 0.382 e. The topological polar surface area (TPSA) is 57.0 Å². The van der Waals surface area contributed by atoms with Crippen molar-refractivity contribution in [1.82, 2.24) is 4.90 Å². The summed E-state index contributed by atoms with van der Waals surface area (Å²) in [7, 11) is 1.68. The van der Waals surface area contributed by atoms with Crippen LogP contribution in [0.5, 0.6) is 0 Å². The summed E-state index contributed by atoms with van der Waals surface area (Å²) in [6, 6.07) is 0. The van der Waals surface area contributed by atoms with Gasteiger partial charge in [0.15, 0.2) is 0 Å². The number of nitrogens with zero attached hydrogens (tertiary/aromatic N) is 1. The molecule has 1 atom stereocenters. The maximum Gasteiger partial charge on any atom is 0.0701 e. The molecule has 5 heteroatoms. The Kier molecular flexibility index (Phi) is 10.3. The van der Waals surface area contributed by atoms with Gasteiger partial charge in [0, 0.05) is 20.2 Å². The number of hydrogen-bond donors (Lipinski definition) is 1. The van der Waals surface area contributed by atoms with E-state index in [4.69, 9.17) is 19.9 Å². The molecule has 0 aromatic heterocycles. The summed E-state index contributed by atoms with van der Waals surface area (Å²) in [5.41, 5.74) is 5.63. The lowest BCUT2D eigenvalue weighted by Gasteiger charge is -2.32. The second-order valence-electron chi connectivity index (χ2n) is 5.10. The first-order valence-corrected chi connectivity index (χ1v) is 7.43. The van der Waals surface area contributed by atoms with Gasteiger partial charge in [-0.05, 0) is 38.3 Å². The molecule has 1 rings (SSSR count). The van der Waals surface area contributed by atoms with Crippen molar-refractivity contribution in [2.24, 2.45) is 11.7 Å². The van der Waals surface area contributed by atoms with Crippen molar-refractivity contribution in [1.29, 1.82) is 0 Å². The van der Waals surface area contributed by atoms with E-state index in [1.54, 1.807) is 7.11 Å². The molecule has 2 N–H and O–H groups in total. The van der Waals surface area contributed by atoms with Crippen molar-refractivity contribution < 1.29 is 14.2 Å². The average molecular weight is 274 g/mol. The van der Waals surface area contributed by atoms with Crippen LogP contribution in [-0.4, -0.2) is 71.2 Å². The number of rotatable bonds is 11. The first-order valence-electron chi connectivity index (χ1n) is 7.43. The fourth-order valence-electron chi connectivity index (χ4n) is 2.48. The molecule has 114 valence electrons. The lowest BCUT2D eigenvalue weighted by molar-refractivity contribution is 0.0165. The monoisotopic (exact) mass is 274 g/mol. The van der Waals surface area contributed by atoms with Gasteiger partial charge >= 0.3 is 0 Å². The first-order chi connectivity index (χ1) is 9.36. The van der Waals surface area contributed by atoms with Crippen molar-refractivity contribution in [2.45, 2.75) is 19.3 Å². The molecule has 0 saturated carbocycles. The molecule has 19 heavy (non-hydrogen) atoms. The number of piperidine rings is 1. The standard InChI is InChI=1S/C14H30N2O3/c1-17-9-10-19-12-11-18-8-7-16-6-2-3-14(13-16)4-5-15/h14H,2-13,15H2,1H3. The number of methoxy groups -OCH3 is 1. The lowest BCUT2D eigenvalue weighted by atomic mass is 9.95. The van der Waals surface area contributed by atoms with Crippen LogP contribution in [0.4, 0.5) is 0 Å².